The number of hydrogen-bond donors (Lipinski definition) is 1. The van der Waals surface area contributed by atoms with Crippen molar-refractivity contribution in [3.63, 3.8) is 0 Å². The summed E-state index contributed by atoms with van der Waals surface area (Å²) >= 11 is 0. The Hall–Kier alpha value is -1.98. The van der Waals surface area contributed by atoms with Crippen molar-refractivity contribution in [3.05, 3.63) is 52.8 Å². The Balaban J connectivity index is 1.10. The fourth-order valence-electron chi connectivity index (χ4n) is 8.69. The first-order chi connectivity index (χ1) is 19.7. The molecule has 6 heterocycles. The normalized spacial score (nSPS) is 30.3. The molecule has 4 unspecified atom stereocenters. The van der Waals surface area contributed by atoms with Gasteiger partial charge in [0.2, 0.25) is 0 Å². The Bertz CT molecular complexity index is 1330. The molecule has 0 saturated carbocycles. The molecule has 0 aromatic heterocycles. The van der Waals surface area contributed by atoms with Crippen LogP contribution >= 0.6 is 8.58 Å². The van der Waals surface area contributed by atoms with Gasteiger partial charge in [-0.05, 0) is 95.4 Å². The molecule has 0 amide bonds. The number of aryl methyl sites for hydroxylation is 1. The smallest absolute Gasteiger partial charge is 0.170 e. The van der Waals surface area contributed by atoms with Gasteiger partial charge in [0, 0.05) is 60.4 Å². The minimum Gasteiger partial charge on any atom is -0.366 e. The topological polar surface area (TPSA) is 43.3 Å². The maximum Gasteiger partial charge on any atom is 0.170 e. The van der Waals surface area contributed by atoms with Crippen molar-refractivity contribution in [1.82, 2.24) is 15.1 Å². The standard InChI is InChI=1S/C33H44N5OP/c1-2-23-7-3-8-24-9-4-10-28(30(23)24)36-18-13-27-29(21-36)40-32(39-22-33-14-5-16-38(33)17-6-15-33)35-31(27)37-19-25-11-12-26(20-37)34-25/h3-4,7-10,25-26,32,34,40H,2,5-6,11-22H2,1H3. The summed E-state index contributed by atoms with van der Waals surface area (Å²) < 4.78 is 6.85. The van der Waals surface area contributed by atoms with Crippen LogP contribution in [0, 0.1) is 0 Å². The van der Waals surface area contributed by atoms with E-state index in [-0.39, 0.29) is 11.5 Å². The quantitative estimate of drug-likeness (QED) is 0.504. The van der Waals surface area contributed by atoms with E-state index in [1.165, 1.54) is 85.0 Å². The van der Waals surface area contributed by atoms with Crippen LogP contribution in [0.25, 0.3) is 10.8 Å². The van der Waals surface area contributed by atoms with Gasteiger partial charge in [0.1, 0.15) is 5.84 Å². The molecule has 0 radical (unpaired) electrons. The van der Waals surface area contributed by atoms with Crippen LogP contribution in [0.1, 0.15) is 57.4 Å². The molecule has 6 aliphatic heterocycles. The number of anilines is 1. The predicted octanol–water partition coefficient (Wildman–Crippen LogP) is 5.32. The van der Waals surface area contributed by atoms with E-state index in [2.05, 4.69) is 63.3 Å². The molecule has 0 spiro atoms. The number of nitrogens with zero attached hydrogens (tertiary/aromatic N) is 4. The number of amidine groups is 1. The zero-order valence-electron chi connectivity index (χ0n) is 24.0. The molecule has 6 nitrogen and oxygen atoms in total. The number of benzene rings is 2. The molecule has 2 aromatic carbocycles. The second kappa shape index (κ2) is 10.4. The Kier molecular flexibility index (Phi) is 6.67. The Morgan fingerprint density at radius 2 is 1.77 bits per heavy atom. The molecular formula is C33H44N5OP. The number of likely N-dealkylation sites (tertiary alicyclic amines) is 1. The number of rotatable bonds is 5. The van der Waals surface area contributed by atoms with E-state index < -0.39 is 0 Å². The molecule has 8 rings (SSSR count). The SMILES string of the molecule is CCc1cccc2cccc(N3CCC4=C(C3)PC(OCC35CCCN3CCC5)N=C4N3CC4CCC(C3)N4)c12. The van der Waals surface area contributed by atoms with Crippen molar-refractivity contribution in [2.45, 2.75) is 81.9 Å². The van der Waals surface area contributed by atoms with Crippen molar-refractivity contribution in [2.24, 2.45) is 4.99 Å². The highest BCUT2D eigenvalue weighted by atomic mass is 31.1. The summed E-state index contributed by atoms with van der Waals surface area (Å²) in [5.41, 5.74) is 4.67. The maximum absolute atomic E-state index is 6.85. The maximum atomic E-state index is 6.85. The van der Waals surface area contributed by atoms with Crippen molar-refractivity contribution in [3.8, 4) is 0 Å². The predicted molar refractivity (Wildman–Crippen MR) is 167 cm³/mol. The van der Waals surface area contributed by atoms with Crippen LogP contribution in [-0.4, -0.2) is 85.1 Å². The lowest BCUT2D eigenvalue weighted by molar-refractivity contribution is 0.0242. The number of piperazine rings is 1. The van der Waals surface area contributed by atoms with Crippen LogP contribution in [-0.2, 0) is 11.2 Å². The summed E-state index contributed by atoms with van der Waals surface area (Å²) in [6.07, 6.45) is 9.98. The van der Waals surface area contributed by atoms with E-state index in [1.54, 1.807) is 5.31 Å². The van der Waals surface area contributed by atoms with Crippen LogP contribution in [0.3, 0.4) is 0 Å². The number of aliphatic imine (C=N–C) groups is 1. The lowest BCUT2D eigenvalue weighted by Crippen LogP contribution is -2.54. The van der Waals surface area contributed by atoms with Gasteiger partial charge >= 0.3 is 0 Å². The lowest BCUT2D eigenvalue weighted by Gasteiger charge is -2.42. The van der Waals surface area contributed by atoms with Crippen LogP contribution in [0.4, 0.5) is 5.69 Å². The molecule has 7 heteroatoms. The minimum atomic E-state index is -0.0302. The van der Waals surface area contributed by atoms with Crippen molar-refractivity contribution >= 4 is 30.9 Å². The molecule has 2 bridgehead atoms. The Morgan fingerprint density at radius 3 is 2.55 bits per heavy atom. The van der Waals surface area contributed by atoms with E-state index in [4.69, 9.17) is 9.73 Å². The van der Waals surface area contributed by atoms with Gasteiger partial charge in [0.25, 0.3) is 0 Å². The number of nitrogens with one attached hydrogen (secondary N) is 1. The van der Waals surface area contributed by atoms with E-state index in [9.17, 15) is 0 Å². The Labute approximate surface area is 241 Å². The van der Waals surface area contributed by atoms with Crippen molar-refractivity contribution < 1.29 is 4.74 Å². The monoisotopic (exact) mass is 557 g/mol. The van der Waals surface area contributed by atoms with E-state index in [0.29, 0.717) is 20.7 Å². The average Bonchev–Trinajstić information content (AvgIpc) is 3.68. The molecule has 4 atom stereocenters. The highest BCUT2D eigenvalue weighted by Crippen LogP contribution is 2.46. The summed E-state index contributed by atoms with van der Waals surface area (Å²) in [7, 11) is 0.622. The third-order valence-electron chi connectivity index (χ3n) is 10.7. The molecule has 6 aliphatic rings. The summed E-state index contributed by atoms with van der Waals surface area (Å²) in [6, 6.07) is 14.9. The summed E-state index contributed by atoms with van der Waals surface area (Å²) in [6.45, 7) is 9.88. The molecule has 4 saturated heterocycles. The van der Waals surface area contributed by atoms with Crippen LogP contribution in [0.15, 0.2) is 52.3 Å². The third-order valence-corrected chi connectivity index (χ3v) is 12.0. The number of fused-ring (bicyclic) bond motifs is 4. The largest absolute Gasteiger partial charge is 0.366 e. The molecule has 2 aromatic rings. The number of hydrogen-bond acceptors (Lipinski definition) is 6. The molecular weight excluding hydrogens is 513 g/mol. The van der Waals surface area contributed by atoms with Gasteiger partial charge in [-0.25, -0.2) is 4.99 Å². The first kappa shape index (κ1) is 25.7. The third kappa shape index (κ3) is 4.42. The molecule has 40 heavy (non-hydrogen) atoms. The minimum absolute atomic E-state index is 0.0302. The summed E-state index contributed by atoms with van der Waals surface area (Å²) in [5, 5.41) is 8.22. The zero-order chi connectivity index (χ0) is 26.7. The van der Waals surface area contributed by atoms with Crippen molar-refractivity contribution in [1.29, 1.82) is 0 Å². The lowest BCUT2D eigenvalue weighted by atomic mass is 9.95. The van der Waals surface area contributed by atoms with Gasteiger partial charge in [-0.3, -0.25) is 4.90 Å². The van der Waals surface area contributed by atoms with Gasteiger partial charge < -0.3 is 19.9 Å². The van der Waals surface area contributed by atoms with Crippen LogP contribution in [0.5, 0.6) is 0 Å². The van der Waals surface area contributed by atoms with Gasteiger partial charge in [-0.2, -0.15) is 0 Å². The van der Waals surface area contributed by atoms with Crippen molar-refractivity contribution in [2.75, 3.05) is 50.8 Å². The first-order valence-electron chi connectivity index (χ1n) is 15.9. The molecule has 4 fully saturated rings. The van der Waals surface area contributed by atoms with Gasteiger partial charge in [-0.15, -0.1) is 0 Å². The fraction of sp³-hybridized carbons (Fsp3) is 0.606. The summed E-state index contributed by atoms with van der Waals surface area (Å²) in [4.78, 5) is 13.4. The van der Waals surface area contributed by atoms with Crippen LogP contribution < -0.4 is 10.2 Å². The van der Waals surface area contributed by atoms with Gasteiger partial charge in [0.05, 0.1) is 6.61 Å². The van der Waals surface area contributed by atoms with E-state index in [0.717, 1.165) is 45.6 Å². The Morgan fingerprint density at radius 1 is 1.00 bits per heavy atom. The highest BCUT2D eigenvalue weighted by Gasteiger charge is 2.45. The molecule has 1 N–H and O–H groups in total. The highest BCUT2D eigenvalue weighted by molar-refractivity contribution is 7.44. The molecule has 212 valence electrons. The average molecular weight is 558 g/mol. The van der Waals surface area contributed by atoms with Gasteiger partial charge in [0.15, 0.2) is 5.97 Å². The van der Waals surface area contributed by atoms with E-state index >= 15 is 0 Å². The summed E-state index contributed by atoms with van der Waals surface area (Å²) in [5.74, 6) is 1.24. The van der Waals surface area contributed by atoms with Gasteiger partial charge in [-0.1, -0.05) is 37.3 Å². The first-order valence-corrected chi connectivity index (χ1v) is 17.0. The molecule has 0 aliphatic carbocycles. The second-order valence-electron chi connectivity index (χ2n) is 13.0. The van der Waals surface area contributed by atoms with E-state index in [1.807, 2.05) is 0 Å². The second-order valence-corrected chi connectivity index (χ2v) is 14.4. The fourth-order valence-corrected chi connectivity index (χ4v) is 10.0. The zero-order valence-corrected chi connectivity index (χ0v) is 25.0. The number of ether oxygens (including phenoxy) is 1. The van der Waals surface area contributed by atoms with Crippen LogP contribution in [0.2, 0.25) is 0 Å².